The Morgan fingerprint density at radius 2 is 2.12 bits per heavy atom. The van der Waals surface area contributed by atoms with Gasteiger partial charge in [0.1, 0.15) is 11.6 Å². The predicted octanol–water partition coefficient (Wildman–Crippen LogP) is 4.49. The number of nitrogens with one attached hydrogen (secondary N) is 1. The molecule has 164 valence electrons. The van der Waals surface area contributed by atoms with Gasteiger partial charge in [-0.25, -0.2) is 4.98 Å². The first-order chi connectivity index (χ1) is 15.6. The Kier molecular flexibility index (Phi) is 5.39. The molecule has 0 bridgehead atoms. The highest BCUT2D eigenvalue weighted by Gasteiger charge is 2.31. The van der Waals surface area contributed by atoms with Crippen LogP contribution in [0.1, 0.15) is 52.6 Å². The topological polar surface area (TPSA) is 76.0 Å². The van der Waals surface area contributed by atoms with Gasteiger partial charge in [-0.1, -0.05) is 6.07 Å². The number of carbonyl (C=O) groups excluding carboxylic acids is 1. The number of likely N-dealkylation sites (tertiary alicyclic amines) is 1. The maximum absolute atomic E-state index is 13.6. The Bertz CT molecular complexity index is 1240. The van der Waals surface area contributed by atoms with Crippen molar-refractivity contribution in [2.45, 2.75) is 38.8 Å². The van der Waals surface area contributed by atoms with Crippen LogP contribution in [0, 0.1) is 6.92 Å². The van der Waals surface area contributed by atoms with Crippen molar-refractivity contribution in [1.82, 2.24) is 24.6 Å². The highest BCUT2D eigenvalue weighted by Crippen LogP contribution is 2.32. The number of imidazole rings is 1. The van der Waals surface area contributed by atoms with Crippen LogP contribution in [-0.2, 0) is 6.54 Å². The van der Waals surface area contributed by atoms with Gasteiger partial charge in [-0.2, -0.15) is 5.10 Å². The minimum absolute atomic E-state index is 0.0238. The van der Waals surface area contributed by atoms with Gasteiger partial charge in [-0.05, 0) is 68.1 Å². The van der Waals surface area contributed by atoms with Gasteiger partial charge in [0.25, 0.3) is 5.91 Å². The number of aromatic amines is 1. The van der Waals surface area contributed by atoms with Crippen LogP contribution in [0.2, 0.25) is 0 Å². The monoisotopic (exact) mass is 429 g/mol. The number of hydrogen-bond donors (Lipinski definition) is 1. The van der Waals surface area contributed by atoms with Crippen molar-refractivity contribution < 1.29 is 9.53 Å². The number of ether oxygens (including phenoxy) is 1. The van der Waals surface area contributed by atoms with Gasteiger partial charge in [0.15, 0.2) is 0 Å². The van der Waals surface area contributed by atoms with Gasteiger partial charge >= 0.3 is 0 Å². The Balaban J connectivity index is 1.46. The average molecular weight is 430 g/mol. The quantitative estimate of drug-likeness (QED) is 0.507. The van der Waals surface area contributed by atoms with Crippen LogP contribution in [0.5, 0.6) is 5.75 Å². The third kappa shape index (κ3) is 3.86. The molecule has 0 radical (unpaired) electrons. The molecule has 5 rings (SSSR count). The molecule has 1 amide bonds. The molecule has 0 saturated carbocycles. The van der Waals surface area contributed by atoms with E-state index in [4.69, 9.17) is 9.72 Å². The minimum Gasteiger partial charge on any atom is -0.496 e. The standard InChI is InChI=1S/C25H27N5O2/c1-17-7-9-20-21(14-17)28-24(27-20)22-6-3-4-13-30(22)25(31)18-8-10-23(32-2)19(15-18)16-29-12-5-11-26-29/h5,7-12,14-15,22H,3-4,6,13,16H2,1-2H3,(H,27,28). The van der Waals surface area contributed by atoms with E-state index in [1.165, 1.54) is 5.56 Å². The molecule has 1 unspecified atom stereocenters. The van der Waals surface area contributed by atoms with Gasteiger partial charge in [-0.15, -0.1) is 0 Å². The van der Waals surface area contributed by atoms with E-state index < -0.39 is 0 Å². The summed E-state index contributed by atoms with van der Waals surface area (Å²) in [7, 11) is 1.65. The van der Waals surface area contributed by atoms with Crippen LogP contribution in [0.3, 0.4) is 0 Å². The molecule has 1 saturated heterocycles. The summed E-state index contributed by atoms with van der Waals surface area (Å²) in [6.07, 6.45) is 6.63. The highest BCUT2D eigenvalue weighted by molar-refractivity contribution is 5.95. The fourth-order valence-corrected chi connectivity index (χ4v) is 4.53. The number of amides is 1. The summed E-state index contributed by atoms with van der Waals surface area (Å²) in [6.45, 7) is 3.34. The van der Waals surface area contributed by atoms with Crippen molar-refractivity contribution in [2.75, 3.05) is 13.7 Å². The number of H-pyrrole nitrogens is 1. The van der Waals surface area contributed by atoms with Crippen molar-refractivity contribution in [3.05, 3.63) is 77.4 Å². The van der Waals surface area contributed by atoms with Crippen LogP contribution in [0.4, 0.5) is 0 Å². The molecule has 1 atom stereocenters. The lowest BCUT2D eigenvalue weighted by Crippen LogP contribution is -2.39. The summed E-state index contributed by atoms with van der Waals surface area (Å²) >= 11 is 0. The van der Waals surface area contributed by atoms with E-state index in [2.05, 4.69) is 29.1 Å². The number of carbonyl (C=O) groups is 1. The zero-order valence-electron chi connectivity index (χ0n) is 18.4. The molecular formula is C25H27N5O2. The van der Waals surface area contributed by atoms with Gasteiger partial charge in [0.05, 0.1) is 30.7 Å². The first-order valence-corrected chi connectivity index (χ1v) is 11.0. The molecule has 4 aromatic rings. The second-order valence-corrected chi connectivity index (χ2v) is 8.38. The Morgan fingerprint density at radius 3 is 2.94 bits per heavy atom. The van der Waals surface area contributed by atoms with Crippen LogP contribution in [0.15, 0.2) is 54.9 Å². The summed E-state index contributed by atoms with van der Waals surface area (Å²) in [5.74, 6) is 1.64. The van der Waals surface area contributed by atoms with Crippen LogP contribution < -0.4 is 4.74 Å². The fourth-order valence-electron chi connectivity index (χ4n) is 4.53. The number of hydrogen-bond acceptors (Lipinski definition) is 4. The average Bonchev–Trinajstić information content (AvgIpc) is 3.48. The Morgan fingerprint density at radius 1 is 1.22 bits per heavy atom. The van der Waals surface area contributed by atoms with Crippen LogP contribution in [0.25, 0.3) is 11.0 Å². The van der Waals surface area contributed by atoms with Crippen molar-refractivity contribution in [3.63, 3.8) is 0 Å². The molecule has 1 aliphatic heterocycles. The summed E-state index contributed by atoms with van der Waals surface area (Å²) in [5.41, 5.74) is 4.73. The normalized spacial score (nSPS) is 16.4. The number of piperidine rings is 1. The van der Waals surface area contributed by atoms with Gasteiger partial charge in [0, 0.05) is 30.1 Å². The number of nitrogens with zero attached hydrogens (tertiary/aromatic N) is 4. The zero-order valence-corrected chi connectivity index (χ0v) is 18.4. The lowest BCUT2D eigenvalue weighted by molar-refractivity contribution is 0.0601. The van der Waals surface area contributed by atoms with Gasteiger partial charge < -0.3 is 14.6 Å². The molecule has 7 nitrogen and oxygen atoms in total. The molecule has 2 aromatic heterocycles. The number of fused-ring (bicyclic) bond motifs is 1. The Labute approximate surface area is 187 Å². The molecule has 1 N–H and O–H groups in total. The van der Waals surface area contributed by atoms with Crippen molar-refractivity contribution in [3.8, 4) is 5.75 Å². The first-order valence-electron chi connectivity index (χ1n) is 11.0. The third-order valence-corrected chi connectivity index (χ3v) is 6.15. The van der Waals surface area contributed by atoms with Gasteiger partial charge in [0.2, 0.25) is 0 Å². The minimum atomic E-state index is -0.0550. The summed E-state index contributed by atoms with van der Waals surface area (Å²) in [5, 5.41) is 4.28. The third-order valence-electron chi connectivity index (χ3n) is 6.15. The smallest absolute Gasteiger partial charge is 0.254 e. The van der Waals surface area contributed by atoms with E-state index >= 15 is 0 Å². The van der Waals surface area contributed by atoms with Crippen LogP contribution in [-0.4, -0.2) is 44.2 Å². The highest BCUT2D eigenvalue weighted by atomic mass is 16.5. The lowest BCUT2D eigenvalue weighted by atomic mass is 9.99. The molecule has 2 aromatic carbocycles. The molecule has 1 aliphatic rings. The van der Waals surface area contributed by atoms with Crippen molar-refractivity contribution >= 4 is 16.9 Å². The van der Waals surface area contributed by atoms with E-state index in [0.29, 0.717) is 12.1 Å². The first kappa shape index (κ1) is 20.3. The molecule has 7 heteroatoms. The number of aromatic nitrogens is 4. The summed E-state index contributed by atoms with van der Waals surface area (Å²) in [4.78, 5) is 23.9. The summed E-state index contributed by atoms with van der Waals surface area (Å²) < 4.78 is 7.35. The maximum Gasteiger partial charge on any atom is 0.254 e. The van der Waals surface area contributed by atoms with E-state index in [0.717, 1.165) is 54.0 Å². The second kappa shape index (κ2) is 8.49. The number of benzene rings is 2. The number of methoxy groups -OCH3 is 1. The molecule has 1 fully saturated rings. The molecular weight excluding hydrogens is 402 g/mol. The molecule has 0 aliphatic carbocycles. The molecule has 3 heterocycles. The van der Waals surface area contributed by atoms with Gasteiger partial charge in [-0.3, -0.25) is 9.48 Å². The lowest BCUT2D eigenvalue weighted by Gasteiger charge is -2.34. The van der Waals surface area contributed by atoms with E-state index in [-0.39, 0.29) is 11.9 Å². The number of aryl methyl sites for hydroxylation is 1. The summed E-state index contributed by atoms with van der Waals surface area (Å²) in [6, 6.07) is 13.7. The molecule has 0 spiro atoms. The number of rotatable bonds is 5. The zero-order chi connectivity index (χ0) is 22.1. The Hall–Kier alpha value is -3.61. The van der Waals surface area contributed by atoms with E-state index in [1.807, 2.05) is 46.1 Å². The van der Waals surface area contributed by atoms with E-state index in [1.54, 1.807) is 13.3 Å². The second-order valence-electron chi connectivity index (χ2n) is 8.38. The SMILES string of the molecule is COc1ccc(C(=O)N2CCCCC2c2nc3ccc(C)cc3[nH]2)cc1Cn1cccn1. The molecule has 32 heavy (non-hydrogen) atoms. The predicted molar refractivity (Wildman–Crippen MR) is 123 cm³/mol. The van der Waals surface area contributed by atoms with E-state index in [9.17, 15) is 4.79 Å². The largest absolute Gasteiger partial charge is 0.496 e. The fraction of sp³-hybridized carbons (Fsp3) is 0.320. The maximum atomic E-state index is 13.6. The van der Waals surface area contributed by atoms with Crippen molar-refractivity contribution in [2.24, 2.45) is 0 Å². The van der Waals surface area contributed by atoms with Crippen molar-refractivity contribution in [1.29, 1.82) is 0 Å². The van der Waals surface area contributed by atoms with Crippen LogP contribution >= 0.6 is 0 Å².